The third-order valence-electron chi connectivity index (χ3n) is 3.49. The molecular formula is C19H23NO4. The number of aliphatic hydroxyl groups excluding tert-OH is 1. The lowest BCUT2D eigenvalue weighted by Gasteiger charge is -2.21. The van der Waals surface area contributed by atoms with E-state index in [0.29, 0.717) is 19.6 Å². The van der Waals surface area contributed by atoms with Crippen LogP contribution in [0.3, 0.4) is 0 Å². The van der Waals surface area contributed by atoms with E-state index < -0.39 is 6.16 Å². The number of hydrogen-bond acceptors (Lipinski definition) is 5. The number of aliphatic hydroxyl groups is 1. The Morgan fingerprint density at radius 2 is 1.50 bits per heavy atom. The summed E-state index contributed by atoms with van der Waals surface area (Å²) >= 11 is 0. The van der Waals surface area contributed by atoms with E-state index in [1.54, 1.807) is 0 Å². The fourth-order valence-electron chi connectivity index (χ4n) is 2.27. The lowest BCUT2D eigenvalue weighted by Crippen LogP contribution is -2.30. The monoisotopic (exact) mass is 329 g/mol. The average Bonchev–Trinajstić information content (AvgIpc) is 2.62. The fourth-order valence-corrected chi connectivity index (χ4v) is 2.27. The van der Waals surface area contributed by atoms with E-state index in [0.717, 1.165) is 11.1 Å². The minimum atomic E-state index is -0.678. The number of carbonyl (C=O) groups is 1. The normalized spacial score (nSPS) is 10.6. The summed E-state index contributed by atoms with van der Waals surface area (Å²) in [6.45, 7) is 2.24. The van der Waals surface area contributed by atoms with Crippen molar-refractivity contribution in [1.29, 1.82) is 0 Å². The molecule has 5 nitrogen and oxygen atoms in total. The van der Waals surface area contributed by atoms with Crippen molar-refractivity contribution in [2.75, 3.05) is 26.3 Å². The van der Waals surface area contributed by atoms with Crippen molar-refractivity contribution in [3.8, 4) is 0 Å². The Morgan fingerprint density at radius 3 is 2.12 bits per heavy atom. The molecule has 0 aliphatic heterocycles. The van der Waals surface area contributed by atoms with E-state index in [2.05, 4.69) is 0 Å². The maximum absolute atomic E-state index is 11.6. The van der Waals surface area contributed by atoms with Gasteiger partial charge in [0.1, 0.15) is 13.2 Å². The zero-order valence-electron chi connectivity index (χ0n) is 13.6. The second kappa shape index (κ2) is 10.4. The largest absolute Gasteiger partial charge is 0.508 e. The number of carbonyl (C=O) groups excluding carboxylic acids is 1. The van der Waals surface area contributed by atoms with Crippen LogP contribution in [0.4, 0.5) is 4.79 Å². The molecule has 0 saturated carbocycles. The SMILES string of the molecule is O=C(OCCN(CCO)Cc1ccccc1)OCc1ccccc1. The molecule has 24 heavy (non-hydrogen) atoms. The van der Waals surface area contributed by atoms with Crippen LogP contribution in [0.5, 0.6) is 0 Å². The summed E-state index contributed by atoms with van der Waals surface area (Å²) in [5.41, 5.74) is 2.07. The lowest BCUT2D eigenvalue weighted by atomic mass is 10.2. The third-order valence-corrected chi connectivity index (χ3v) is 3.49. The molecule has 0 aliphatic rings. The summed E-state index contributed by atoms with van der Waals surface area (Å²) < 4.78 is 10.2. The van der Waals surface area contributed by atoms with E-state index in [4.69, 9.17) is 14.6 Å². The Bertz CT molecular complexity index is 589. The molecule has 128 valence electrons. The predicted octanol–water partition coefficient (Wildman–Crippen LogP) is 2.83. The maximum Gasteiger partial charge on any atom is 0.508 e. The van der Waals surface area contributed by atoms with Crippen molar-refractivity contribution in [2.45, 2.75) is 13.2 Å². The highest BCUT2D eigenvalue weighted by Gasteiger charge is 2.09. The summed E-state index contributed by atoms with van der Waals surface area (Å²) in [4.78, 5) is 13.6. The van der Waals surface area contributed by atoms with Gasteiger partial charge in [0.25, 0.3) is 0 Å². The minimum Gasteiger partial charge on any atom is -0.433 e. The van der Waals surface area contributed by atoms with Gasteiger partial charge in [-0.15, -0.1) is 0 Å². The summed E-state index contributed by atoms with van der Waals surface area (Å²) in [6, 6.07) is 19.4. The Hall–Kier alpha value is -2.37. The first-order chi connectivity index (χ1) is 11.8. The summed E-state index contributed by atoms with van der Waals surface area (Å²) in [7, 11) is 0. The molecular weight excluding hydrogens is 306 g/mol. The van der Waals surface area contributed by atoms with Gasteiger partial charge in [-0.25, -0.2) is 4.79 Å². The number of nitrogens with zero attached hydrogens (tertiary/aromatic N) is 1. The zero-order valence-corrected chi connectivity index (χ0v) is 13.6. The first-order valence-corrected chi connectivity index (χ1v) is 7.98. The fraction of sp³-hybridized carbons (Fsp3) is 0.316. The van der Waals surface area contributed by atoms with Crippen LogP contribution < -0.4 is 0 Å². The third kappa shape index (κ3) is 6.81. The molecule has 0 aromatic heterocycles. The van der Waals surface area contributed by atoms with Crippen molar-refractivity contribution in [1.82, 2.24) is 4.90 Å². The van der Waals surface area contributed by atoms with Gasteiger partial charge in [-0.3, -0.25) is 4.90 Å². The standard InChI is InChI=1S/C19H23NO4/c21-13-11-20(15-17-7-3-1-4-8-17)12-14-23-19(22)24-16-18-9-5-2-6-10-18/h1-10,21H,11-16H2. The van der Waals surface area contributed by atoms with Gasteiger partial charge in [0.15, 0.2) is 0 Å². The van der Waals surface area contributed by atoms with Gasteiger partial charge in [-0.2, -0.15) is 0 Å². The van der Waals surface area contributed by atoms with Crippen LogP contribution >= 0.6 is 0 Å². The van der Waals surface area contributed by atoms with E-state index in [1.807, 2.05) is 65.6 Å². The molecule has 0 unspecified atom stereocenters. The van der Waals surface area contributed by atoms with Gasteiger partial charge in [-0.1, -0.05) is 60.7 Å². The second-order valence-corrected chi connectivity index (χ2v) is 5.36. The van der Waals surface area contributed by atoms with Gasteiger partial charge < -0.3 is 14.6 Å². The number of hydrogen-bond donors (Lipinski definition) is 1. The van der Waals surface area contributed by atoms with Gasteiger partial charge >= 0.3 is 6.16 Å². The van der Waals surface area contributed by atoms with Gasteiger partial charge in [0, 0.05) is 19.6 Å². The Morgan fingerprint density at radius 1 is 0.875 bits per heavy atom. The summed E-state index contributed by atoms with van der Waals surface area (Å²) in [5.74, 6) is 0. The van der Waals surface area contributed by atoms with Crippen LogP contribution in [0.15, 0.2) is 60.7 Å². The van der Waals surface area contributed by atoms with Crippen LogP contribution in [0.1, 0.15) is 11.1 Å². The molecule has 0 heterocycles. The molecule has 0 aliphatic carbocycles. The lowest BCUT2D eigenvalue weighted by molar-refractivity contribution is 0.0410. The molecule has 0 saturated heterocycles. The second-order valence-electron chi connectivity index (χ2n) is 5.36. The number of ether oxygens (including phenoxy) is 2. The van der Waals surface area contributed by atoms with E-state index >= 15 is 0 Å². The highest BCUT2D eigenvalue weighted by atomic mass is 16.7. The van der Waals surface area contributed by atoms with Gasteiger partial charge in [0.2, 0.25) is 0 Å². The summed E-state index contributed by atoms with van der Waals surface area (Å²) in [5, 5.41) is 9.16. The van der Waals surface area contributed by atoms with Crippen molar-refractivity contribution < 1.29 is 19.4 Å². The quantitative estimate of drug-likeness (QED) is 0.717. The molecule has 0 radical (unpaired) electrons. The van der Waals surface area contributed by atoms with Crippen LogP contribution in [0.25, 0.3) is 0 Å². The first-order valence-electron chi connectivity index (χ1n) is 7.98. The van der Waals surface area contributed by atoms with E-state index in [-0.39, 0.29) is 19.8 Å². The average molecular weight is 329 g/mol. The molecule has 2 aromatic rings. The van der Waals surface area contributed by atoms with Gasteiger partial charge in [0.05, 0.1) is 6.61 Å². The predicted molar refractivity (Wildman–Crippen MR) is 91.4 cm³/mol. The van der Waals surface area contributed by atoms with E-state index in [9.17, 15) is 4.79 Å². The van der Waals surface area contributed by atoms with Crippen molar-refractivity contribution in [3.05, 3.63) is 71.8 Å². The maximum atomic E-state index is 11.6. The van der Waals surface area contributed by atoms with Crippen molar-refractivity contribution in [2.24, 2.45) is 0 Å². The summed E-state index contributed by atoms with van der Waals surface area (Å²) in [6.07, 6.45) is -0.678. The van der Waals surface area contributed by atoms with Crippen molar-refractivity contribution >= 4 is 6.16 Å². The molecule has 5 heteroatoms. The van der Waals surface area contributed by atoms with Crippen LogP contribution in [0, 0.1) is 0 Å². The molecule has 2 aromatic carbocycles. The number of rotatable bonds is 9. The zero-order chi connectivity index (χ0) is 17.0. The van der Waals surface area contributed by atoms with Gasteiger partial charge in [-0.05, 0) is 11.1 Å². The molecule has 0 atom stereocenters. The molecule has 0 spiro atoms. The smallest absolute Gasteiger partial charge is 0.433 e. The minimum absolute atomic E-state index is 0.0608. The molecule has 0 bridgehead atoms. The van der Waals surface area contributed by atoms with Crippen LogP contribution in [0.2, 0.25) is 0 Å². The molecule has 2 rings (SSSR count). The Kier molecular flexibility index (Phi) is 7.80. The first kappa shape index (κ1) is 18.0. The topological polar surface area (TPSA) is 59.0 Å². The van der Waals surface area contributed by atoms with Crippen LogP contribution in [-0.4, -0.2) is 42.5 Å². The highest BCUT2D eigenvalue weighted by molar-refractivity contribution is 5.59. The van der Waals surface area contributed by atoms with Crippen molar-refractivity contribution in [3.63, 3.8) is 0 Å². The molecule has 0 amide bonds. The Labute approximate surface area is 142 Å². The number of benzene rings is 2. The molecule has 1 N–H and O–H groups in total. The Balaban J connectivity index is 1.69. The molecule has 0 fully saturated rings. The van der Waals surface area contributed by atoms with Crippen LogP contribution in [-0.2, 0) is 22.6 Å². The highest BCUT2D eigenvalue weighted by Crippen LogP contribution is 2.05. The van der Waals surface area contributed by atoms with E-state index in [1.165, 1.54) is 0 Å².